The first-order valence-corrected chi connectivity index (χ1v) is 15.4. The quantitative estimate of drug-likeness (QED) is 0.165. The number of amides is 3. The summed E-state index contributed by atoms with van der Waals surface area (Å²) in [6, 6.07) is 13.3. The van der Waals surface area contributed by atoms with Crippen LogP contribution in [0.15, 0.2) is 90.3 Å². The number of anilines is 1. The van der Waals surface area contributed by atoms with Crippen LogP contribution >= 0.6 is 23.5 Å². The van der Waals surface area contributed by atoms with Gasteiger partial charge in [-0.05, 0) is 61.9 Å². The number of ether oxygens (including phenoxy) is 1. The highest BCUT2D eigenvalue weighted by Gasteiger charge is 2.32. The number of esters is 1. The fourth-order valence-electron chi connectivity index (χ4n) is 3.60. The summed E-state index contributed by atoms with van der Waals surface area (Å²) in [7, 11) is 0. The standard InChI is InChI=1S/C19H18N4O5S.C10H11N3O2S/c1-2-27-18(26)12-5-7-13(8-6-12)21-16(24)10-15-17(25)22-19(29-15)23-20-11-14-4-3-9-28-14;1-2-8-9(14)12-10(16-8)13-11-6-7-4-3-5-15-7/h3-9,11,15H,2,10H2,1H3,(H,21,24)(H,22,23,25);3-6,8H,2H2,1H3,(H,12,13,14)/b20-11-;11-6-. The van der Waals surface area contributed by atoms with Gasteiger partial charge in [0.1, 0.15) is 16.8 Å². The number of carbonyl (C=O) groups is 4. The van der Waals surface area contributed by atoms with Crippen molar-refractivity contribution in [3.63, 3.8) is 0 Å². The van der Waals surface area contributed by atoms with E-state index in [-0.39, 0.29) is 36.0 Å². The van der Waals surface area contributed by atoms with Gasteiger partial charge >= 0.3 is 5.97 Å². The van der Waals surface area contributed by atoms with E-state index in [2.05, 4.69) is 36.4 Å². The number of hydrogen-bond acceptors (Lipinski definition) is 13. The lowest BCUT2D eigenvalue weighted by atomic mass is 10.2. The van der Waals surface area contributed by atoms with Gasteiger partial charge in [0.05, 0.1) is 42.4 Å². The molecule has 3 amide bonds. The van der Waals surface area contributed by atoms with E-state index in [1.807, 2.05) is 6.92 Å². The number of rotatable bonds is 10. The smallest absolute Gasteiger partial charge is 0.338 e. The molecule has 0 saturated carbocycles. The number of benzene rings is 1. The van der Waals surface area contributed by atoms with Crippen LogP contribution in [0.4, 0.5) is 5.69 Å². The van der Waals surface area contributed by atoms with Gasteiger partial charge < -0.3 is 29.5 Å². The molecule has 2 atom stereocenters. The van der Waals surface area contributed by atoms with Crippen LogP contribution in [0.5, 0.6) is 0 Å². The lowest BCUT2D eigenvalue weighted by Gasteiger charge is -2.08. The number of carbonyl (C=O) groups excluding carboxylic acids is 4. The number of amidine groups is 2. The minimum Gasteiger partial charge on any atom is -0.463 e. The Kier molecular flexibility index (Phi) is 12.3. The molecule has 0 aliphatic carbocycles. The maximum atomic E-state index is 12.2. The molecule has 2 unspecified atom stereocenters. The van der Waals surface area contributed by atoms with E-state index >= 15 is 0 Å². The van der Waals surface area contributed by atoms with Gasteiger partial charge in [-0.2, -0.15) is 10.2 Å². The van der Waals surface area contributed by atoms with Crippen molar-refractivity contribution in [2.75, 3.05) is 11.9 Å². The molecule has 4 heterocycles. The number of nitrogens with one attached hydrogen (secondary N) is 3. The summed E-state index contributed by atoms with van der Waals surface area (Å²) in [5.41, 5.74) is 0.912. The van der Waals surface area contributed by atoms with Crippen molar-refractivity contribution in [3.8, 4) is 0 Å². The van der Waals surface area contributed by atoms with Crippen molar-refractivity contribution < 1.29 is 32.7 Å². The lowest BCUT2D eigenvalue weighted by molar-refractivity contribution is -0.122. The van der Waals surface area contributed by atoms with Gasteiger partial charge in [-0.25, -0.2) is 4.79 Å². The second kappa shape index (κ2) is 16.8. The van der Waals surface area contributed by atoms with Gasteiger partial charge in [0, 0.05) is 12.1 Å². The van der Waals surface area contributed by atoms with E-state index < -0.39 is 11.2 Å². The normalized spacial score (nSPS) is 19.5. The van der Waals surface area contributed by atoms with E-state index in [1.165, 1.54) is 30.5 Å². The zero-order valence-electron chi connectivity index (χ0n) is 24.2. The Morgan fingerprint density at radius 1 is 0.867 bits per heavy atom. The molecule has 1 aromatic carbocycles. The molecular weight excluding hydrogens is 622 g/mol. The highest BCUT2D eigenvalue weighted by molar-refractivity contribution is 8.15. The zero-order valence-corrected chi connectivity index (χ0v) is 25.8. The monoisotopic (exact) mass is 651 g/mol. The highest BCUT2D eigenvalue weighted by atomic mass is 32.2. The van der Waals surface area contributed by atoms with Gasteiger partial charge in [-0.15, -0.1) is 10.2 Å². The summed E-state index contributed by atoms with van der Waals surface area (Å²) in [5, 5.41) is 23.6. The fraction of sp³-hybridized carbons (Fsp3) is 0.241. The summed E-state index contributed by atoms with van der Waals surface area (Å²) < 4.78 is 15.0. The van der Waals surface area contributed by atoms with Gasteiger partial charge in [0.2, 0.25) is 17.7 Å². The highest BCUT2D eigenvalue weighted by Crippen LogP contribution is 2.23. The molecule has 3 aromatic rings. The lowest BCUT2D eigenvalue weighted by Crippen LogP contribution is -2.28. The minimum atomic E-state index is -0.605. The van der Waals surface area contributed by atoms with Gasteiger partial charge in [-0.1, -0.05) is 30.4 Å². The Hall–Kier alpha value is -4.96. The molecule has 45 heavy (non-hydrogen) atoms. The van der Waals surface area contributed by atoms with Crippen molar-refractivity contribution in [3.05, 3.63) is 78.1 Å². The summed E-state index contributed by atoms with van der Waals surface area (Å²) in [5.74, 6) is 0.0984. The summed E-state index contributed by atoms with van der Waals surface area (Å²) in [6.45, 7) is 3.98. The molecule has 16 heteroatoms. The first-order chi connectivity index (χ1) is 21.8. The average molecular weight is 652 g/mol. The first kappa shape index (κ1) is 32.9. The van der Waals surface area contributed by atoms with E-state index in [0.29, 0.717) is 33.1 Å². The molecule has 234 valence electrons. The predicted molar refractivity (Wildman–Crippen MR) is 172 cm³/mol. The Bertz CT molecular complexity index is 1590. The van der Waals surface area contributed by atoms with Crippen molar-refractivity contribution in [1.29, 1.82) is 0 Å². The van der Waals surface area contributed by atoms with Crippen LogP contribution in [0.25, 0.3) is 0 Å². The van der Waals surface area contributed by atoms with Crippen LogP contribution in [-0.2, 0) is 19.1 Å². The topological polar surface area (TPSA) is 189 Å². The Morgan fingerprint density at radius 2 is 1.42 bits per heavy atom. The zero-order chi connectivity index (χ0) is 32.0. The second-order valence-corrected chi connectivity index (χ2v) is 11.4. The molecule has 0 bridgehead atoms. The van der Waals surface area contributed by atoms with E-state index in [4.69, 9.17) is 13.6 Å². The van der Waals surface area contributed by atoms with Gasteiger partial charge in [0.25, 0.3) is 0 Å². The second-order valence-electron chi connectivity index (χ2n) is 8.98. The third-order valence-corrected chi connectivity index (χ3v) is 8.04. The summed E-state index contributed by atoms with van der Waals surface area (Å²) >= 11 is 2.53. The van der Waals surface area contributed by atoms with Crippen molar-refractivity contribution in [2.24, 2.45) is 20.4 Å². The molecule has 0 radical (unpaired) electrons. The Balaban J connectivity index is 0.000000242. The number of hydrogen-bond donors (Lipinski definition) is 3. The van der Waals surface area contributed by atoms with E-state index in [1.54, 1.807) is 61.7 Å². The van der Waals surface area contributed by atoms with Crippen molar-refractivity contribution in [1.82, 2.24) is 10.6 Å². The fourth-order valence-corrected chi connectivity index (χ4v) is 5.38. The Morgan fingerprint density at radius 3 is 1.91 bits per heavy atom. The van der Waals surface area contributed by atoms with Crippen LogP contribution in [0.2, 0.25) is 0 Å². The third-order valence-electron chi connectivity index (χ3n) is 5.73. The summed E-state index contributed by atoms with van der Waals surface area (Å²) in [4.78, 5) is 47.2. The Labute approximate surface area is 266 Å². The van der Waals surface area contributed by atoms with Crippen molar-refractivity contribution in [2.45, 2.75) is 37.2 Å². The molecule has 3 N–H and O–H groups in total. The summed E-state index contributed by atoms with van der Waals surface area (Å²) in [6.07, 6.45) is 6.75. The predicted octanol–water partition coefficient (Wildman–Crippen LogP) is 4.02. The van der Waals surface area contributed by atoms with Crippen LogP contribution in [0, 0.1) is 0 Å². The van der Waals surface area contributed by atoms with Crippen LogP contribution in [-0.4, -0.2) is 63.6 Å². The largest absolute Gasteiger partial charge is 0.463 e. The van der Waals surface area contributed by atoms with Crippen LogP contribution in [0.1, 0.15) is 48.6 Å². The molecule has 14 nitrogen and oxygen atoms in total. The average Bonchev–Trinajstić information content (AvgIpc) is 3.84. The molecular formula is C29H29N7O7S2. The number of furan rings is 2. The molecule has 2 saturated heterocycles. The third kappa shape index (κ3) is 10.3. The van der Waals surface area contributed by atoms with Crippen LogP contribution in [0.3, 0.4) is 0 Å². The first-order valence-electron chi connectivity index (χ1n) is 13.7. The molecule has 2 fully saturated rings. The molecule has 2 aliphatic rings. The van der Waals surface area contributed by atoms with Crippen molar-refractivity contribution >= 4 is 75.7 Å². The van der Waals surface area contributed by atoms with Gasteiger partial charge in [0.15, 0.2) is 10.3 Å². The van der Waals surface area contributed by atoms with Gasteiger partial charge in [-0.3, -0.25) is 14.4 Å². The number of nitrogens with zero attached hydrogens (tertiary/aromatic N) is 4. The molecule has 5 rings (SSSR count). The minimum absolute atomic E-state index is 0.000511. The maximum absolute atomic E-state index is 12.2. The SMILES string of the molecule is CCC1S/C(=N/N=C\c2ccco2)NC1=O.CCOC(=O)c1ccc(NC(=O)CC2S/C(=N/N=C\c3ccco3)NC2=O)cc1. The molecule has 2 aromatic heterocycles. The molecule has 2 aliphatic heterocycles. The maximum Gasteiger partial charge on any atom is 0.338 e. The molecule has 0 spiro atoms. The van der Waals surface area contributed by atoms with E-state index in [0.717, 1.165) is 18.2 Å². The van der Waals surface area contributed by atoms with E-state index in [9.17, 15) is 19.2 Å². The van der Waals surface area contributed by atoms with Crippen LogP contribution < -0.4 is 16.0 Å². The number of thioether (sulfide) groups is 2.